The summed E-state index contributed by atoms with van der Waals surface area (Å²) >= 11 is 0. The van der Waals surface area contributed by atoms with Gasteiger partial charge in [0.05, 0.1) is 6.10 Å². The predicted octanol–water partition coefficient (Wildman–Crippen LogP) is 2.31. The molecule has 2 atom stereocenters. The molecule has 0 aromatic heterocycles. The highest BCUT2D eigenvalue weighted by atomic mass is 16.3. The molecule has 0 radical (unpaired) electrons. The van der Waals surface area contributed by atoms with E-state index < -0.39 is 0 Å². The molecule has 2 nitrogen and oxygen atoms in total. The van der Waals surface area contributed by atoms with Crippen LogP contribution in [0.15, 0.2) is 0 Å². The number of aliphatic hydroxyl groups is 1. The van der Waals surface area contributed by atoms with E-state index in [0.29, 0.717) is 6.04 Å². The Bertz CT molecular complexity index is 193. The Balaban J connectivity index is 2.58. The van der Waals surface area contributed by atoms with Crippen LogP contribution >= 0.6 is 0 Å². The lowest BCUT2D eigenvalue weighted by Crippen LogP contribution is -2.55. The van der Waals surface area contributed by atoms with Gasteiger partial charge in [0.25, 0.3) is 0 Å². The average Bonchev–Trinajstić information content (AvgIpc) is 2.33. The first-order valence-electron chi connectivity index (χ1n) is 5.70. The molecular formula is C12H25NO. The smallest absolute Gasteiger partial charge is 0.0693 e. The van der Waals surface area contributed by atoms with Crippen LogP contribution in [0.2, 0.25) is 0 Å². The number of hydrogen-bond donors (Lipinski definition) is 2. The first-order chi connectivity index (χ1) is 6.24. The zero-order valence-corrected chi connectivity index (χ0v) is 10.2. The molecule has 0 unspecified atom stereocenters. The fourth-order valence-corrected chi connectivity index (χ4v) is 1.79. The van der Waals surface area contributed by atoms with Gasteiger partial charge in [-0.2, -0.15) is 0 Å². The Morgan fingerprint density at radius 3 is 2.00 bits per heavy atom. The van der Waals surface area contributed by atoms with Crippen molar-refractivity contribution in [2.24, 2.45) is 5.41 Å². The summed E-state index contributed by atoms with van der Waals surface area (Å²) in [5.74, 6) is 0. The first-order valence-corrected chi connectivity index (χ1v) is 5.70. The topological polar surface area (TPSA) is 32.3 Å². The largest absolute Gasteiger partial charge is 0.392 e. The van der Waals surface area contributed by atoms with Crippen molar-refractivity contribution in [2.45, 2.75) is 71.6 Å². The molecule has 1 aliphatic rings. The molecule has 0 amide bonds. The Morgan fingerprint density at radius 1 is 1.07 bits per heavy atom. The summed E-state index contributed by atoms with van der Waals surface area (Å²) < 4.78 is 0. The highest BCUT2D eigenvalue weighted by Gasteiger charge is 2.37. The lowest BCUT2D eigenvalue weighted by Gasteiger charge is -2.42. The van der Waals surface area contributed by atoms with Gasteiger partial charge in [0, 0.05) is 11.6 Å². The van der Waals surface area contributed by atoms with E-state index >= 15 is 0 Å². The third-order valence-corrected chi connectivity index (χ3v) is 3.90. The molecule has 0 aliphatic heterocycles. The summed E-state index contributed by atoms with van der Waals surface area (Å²) in [6.07, 6.45) is 3.08. The van der Waals surface area contributed by atoms with Gasteiger partial charge in [0.2, 0.25) is 0 Å². The molecule has 1 fully saturated rings. The standard InChI is InChI=1S/C12H25NO/c1-11(2,3)12(4,5)13-9-7-6-8-10(9)14/h9-10,13-14H,6-8H2,1-5H3/t9-,10-/m1/s1. The SMILES string of the molecule is CC(C)(C)C(C)(C)N[C@@H]1CCC[C@H]1O. The zero-order chi connectivity index (χ0) is 11.0. The van der Waals surface area contributed by atoms with Crippen LogP contribution < -0.4 is 5.32 Å². The molecule has 2 heteroatoms. The zero-order valence-electron chi connectivity index (χ0n) is 10.2. The molecule has 1 rings (SSSR count). The van der Waals surface area contributed by atoms with Crippen molar-refractivity contribution in [2.75, 3.05) is 0 Å². The lowest BCUT2D eigenvalue weighted by atomic mass is 9.76. The summed E-state index contributed by atoms with van der Waals surface area (Å²) in [4.78, 5) is 0. The van der Waals surface area contributed by atoms with Crippen molar-refractivity contribution in [1.29, 1.82) is 0 Å². The molecule has 0 aromatic carbocycles. The van der Waals surface area contributed by atoms with Crippen LogP contribution in [-0.2, 0) is 0 Å². The lowest BCUT2D eigenvalue weighted by molar-refractivity contribution is 0.0951. The molecular weight excluding hydrogens is 174 g/mol. The fourth-order valence-electron chi connectivity index (χ4n) is 1.79. The number of nitrogens with one attached hydrogen (secondary N) is 1. The Labute approximate surface area is 88.1 Å². The minimum atomic E-state index is -0.142. The third kappa shape index (κ3) is 2.48. The minimum absolute atomic E-state index is 0.0724. The van der Waals surface area contributed by atoms with Gasteiger partial charge in [-0.1, -0.05) is 20.8 Å². The fraction of sp³-hybridized carbons (Fsp3) is 1.00. The van der Waals surface area contributed by atoms with Gasteiger partial charge in [-0.3, -0.25) is 0 Å². The molecule has 2 N–H and O–H groups in total. The summed E-state index contributed by atoms with van der Waals surface area (Å²) in [5, 5.41) is 13.4. The van der Waals surface area contributed by atoms with E-state index in [9.17, 15) is 5.11 Å². The third-order valence-electron chi connectivity index (χ3n) is 3.90. The molecule has 0 spiro atoms. The highest BCUT2D eigenvalue weighted by Crippen LogP contribution is 2.32. The second-order valence-electron chi connectivity index (χ2n) is 6.12. The first kappa shape index (κ1) is 12.0. The van der Waals surface area contributed by atoms with Gasteiger partial charge in [-0.05, 0) is 38.5 Å². The van der Waals surface area contributed by atoms with Crippen molar-refractivity contribution in [3.05, 3.63) is 0 Å². The quantitative estimate of drug-likeness (QED) is 0.715. The molecule has 0 saturated heterocycles. The average molecular weight is 199 g/mol. The molecule has 1 aliphatic carbocycles. The van der Waals surface area contributed by atoms with Gasteiger partial charge in [-0.15, -0.1) is 0 Å². The van der Waals surface area contributed by atoms with Crippen LogP contribution in [0.4, 0.5) is 0 Å². The van der Waals surface area contributed by atoms with Crippen LogP contribution in [0.25, 0.3) is 0 Å². The van der Waals surface area contributed by atoms with Crippen LogP contribution in [0.1, 0.15) is 53.9 Å². The van der Waals surface area contributed by atoms with E-state index in [1.165, 1.54) is 0 Å². The van der Waals surface area contributed by atoms with Crippen molar-refractivity contribution < 1.29 is 5.11 Å². The summed E-state index contributed by atoms with van der Waals surface area (Å²) in [6, 6.07) is 0.296. The Kier molecular flexibility index (Phi) is 3.27. The predicted molar refractivity (Wildman–Crippen MR) is 60.3 cm³/mol. The number of hydrogen-bond acceptors (Lipinski definition) is 2. The van der Waals surface area contributed by atoms with E-state index in [2.05, 4.69) is 39.9 Å². The van der Waals surface area contributed by atoms with Gasteiger partial charge in [0.15, 0.2) is 0 Å². The number of aliphatic hydroxyl groups excluding tert-OH is 1. The van der Waals surface area contributed by atoms with Gasteiger partial charge in [0.1, 0.15) is 0 Å². The Hall–Kier alpha value is -0.0800. The van der Waals surface area contributed by atoms with Crippen LogP contribution in [0, 0.1) is 5.41 Å². The Morgan fingerprint density at radius 2 is 1.64 bits per heavy atom. The summed E-state index contributed by atoms with van der Waals surface area (Å²) in [7, 11) is 0. The second kappa shape index (κ2) is 3.82. The summed E-state index contributed by atoms with van der Waals surface area (Å²) in [6.45, 7) is 11.2. The maximum absolute atomic E-state index is 9.76. The van der Waals surface area contributed by atoms with E-state index in [4.69, 9.17) is 0 Å². The van der Waals surface area contributed by atoms with Gasteiger partial charge in [-0.25, -0.2) is 0 Å². The normalized spacial score (nSPS) is 29.6. The van der Waals surface area contributed by atoms with Crippen molar-refractivity contribution in [1.82, 2.24) is 5.32 Å². The van der Waals surface area contributed by atoms with E-state index in [-0.39, 0.29) is 17.1 Å². The van der Waals surface area contributed by atoms with Crippen molar-refractivity contribution in [3.63, 3.8) is 0 Å². The highest BCUT2D eigenvalue weighted by molar-refractivity contribution is 4.95. The van der Waals surface area contributed by atoms with Gasteiger partial charge >= 0.3 is 0 Å². The molecule has 0 aromatic rings. The second-order valence-corrected chi connectivity index (χ2v) is 6.12. The molecule has 0 heterocycles. The molecule has 1 saturated carbocycles. The monoisotopic (exact) mass is 199 g/mol. The minimum Gasteiger partial charge on any atom is -0.392 e. The molecule has 84 valence electrons. The van der Waals surface area contributed by atoms with Crippen LogP contribution in [0.5, 0.6) is 0 Å². The van der Waals surface area contributed by atoms with E-state index in [0.717, 1.165) is 19.3 Å². The molecule has 0 bridgehead atoms. The van der Waals surface area contributed by atoms with Crippen LogP contribution in [-0.4, -0.2) is 22.8 Å². The summed E-state index contributed by atoms with van der Waals surface area (Å²) in [5.41, 5.74) is 0.290. The van der Waals surface area contributed by atoms with E-state index in [1.54, 1.807) is 0 Å². The van der Waals surface area contributed by atoms with Gasteiger partial charge < -0.3 is 10.4 Å². The maximum Gasteiger partial charge on any atom is 0.0693 e. The van der Waals surface area contributed by atoms with E-state index in [1.807, 2.05) is 0 Å². The molecule has 14 heavy (non-hydrogen) atoms. The van der Waals surface area contributed by atoms with Crippen molar-refractivity contribution in [3.8, 4) is 0 Å². The van der Waals surface area contributed by atoms with Crippen LogP contribution in [0.3, 0.4) is 0 Å². The van der Waals surface area contributed by atoms with Crippen molar-refractivity contribution >= 4 is 0 Å². The maximum atomic E-state index is 9.76. The number of rotatable bonds is 2.